The van der Waals surface area contributed by atoms with Crippen molar-refractivity contribution >= 4 is 42.2 Å². The highest BCUT2D eigenvalue weighted by Gasteiger charge is 2.31. The molecule has 0 aromatic carbocycles. The van der Waals surface area contributed by atoms with Gasteiger partial charge >= 0.3 is 5.97 Å². The molecule has 13 heteroatoms. The quantitative estimate of drug-likeness (QED) is 0.160. The van der Waals surface area contributed by atoms with Gasteiger partial charge in [-0.3, -0.25) is 19.2 Å². The van der Waals surface area contributed by atoms with Crippen molar-refractivity contribution in [2.24, 2.45) is 11.5 Å². The first kappa shape index (κ1) is 23.6. The van der Waals surface area contributed by atoms with Gasteiger partial charge in [0.25, 0.3) is 0 Å². The van der Waals surface area contributed by atoms with E-state index >= 15 is 0 Å². The minimum absolute atomic E-state index is 0.131. The zero-order valence-corrected chi connectivity index (χ0v) is 14.9. The van der Waals surface area contributed by atoms with Gasteiger partial charge in [0.05, 0.1) is 19.1 Å². The van der Waals surface area contributed by atoms with Crippen LogP contribution in [0.4, 0.5) is 0 Å². The number of rotatable bonds is 11. The minimum Gasteiger partial charge on any atom is -0.480 e. The van der Waals surface area contributed by atoms with Crippen molar-refractivity contribution in [2.45, 2.75) is 37.6 Å². The van der Waals surface area contributed by atoms with Crippen LogP contribution in [0.1, 0.15) is 13.3 Å². The van der Waals surface area contributed by atoms with Gasteiger partial charge in [0.1, 0.15) is 12.1 Å². The van der Waals surface area contributed by atoms with Gasteiger partial charge in [-0.15, -0.1) is 0 Å². The molecule has 0 saturated heterocycles. The number of hydrogen-bond acceptors (Lipinski definition) is 8. The normalized spacial score (nSPS) is 15.1. The second-order valence-electron chi connectivity index (χ2n) is 5.30. The summed E-state index contributed by atoms with van der Waals surface area (Å²) in [6.45, 7) is 0.761. The van der Waals surface area contributed by atoms with Crippen molar-refractivity contribution in [1.29, 1.82) is 0 Å². The molecule has 0 aliphatic heterocycles. The van der Waals surface area contributed by atoms with Gasteiger partial charge in [-0.25, -0.2) is 4.79 Å². The molecule has 26 heavy (non-hydrogen) atoms. The predicted octanol–water partition coefficient (Wildman–Crippen LogP) is -4.33. The standard InChI is InChI=1S/C13H23N5O7S/c1-5(19)10(13(24)25)18-11(22)6(2-8(15)20)17-12(23)7(4-26)16-9(21)3-14/h5-7,10,19,26H,2-4,14H2,1H3,(H2,15,20)(H,16,21)(H,17,23)(H,18,22)(H,24,25). The number of nitrogens with two attached hydrogens (primary N) is 2. The molecule has 0 aromatic rings. The molecule has 4 amide bonds. The molecule has 9 N–H and O–H groups in total. The molecule has 0 radical (unpaired) electrons. The summed E-state index contributed by atoms with van der Waals surface area (Å²) in [7, 11) is 0. The third-order valence-electron chi connectivity index (χ3n) is 3.10. The Morgan fingerprint density at radius 3 is 1.96 bits per heavy atom. The van der Waals surface area contributed by atoms with E-state index in [1.807, 2.05) is 5.32 Å². The SMILES string of the molecule is CC(O)C(NC(=O)C(CC(N)=O)NC(=O)C(CS)NC(=O)CN)C(=O)O. The third kappa shape index (κ3) is 8.13. The van der Waals surface area contributed by atoms with Crippen LogP contribution < -0.4 is 27.4 Å². The first-order valence-electron chi connectivity index (χ1n) is 7.43. The Kier molecular flexibility index (Phi) is 10.2. The Morgan fingerprint density at radius 1 is 1.04 bits per heavy atom. The Bertz CT molecular complexity index is 557. The van der Waals surface area contributed by atoms with E-state index in [4.69, 9.17) is 16.6 Å². The largest absolute Gasteiger partial charge is 0.480 e. The number of amides is 4. The van der Waals surface area contributed by atoms with Crippen LogP contribution in [0.15, 0.2) is 0 Å². The number of carboxylic acids is 1. The Balaban J connectivity index is 5.20. The van der Waals surface area contributed by atoms with Crippen molar-refractivity contribution in [3.05, 3.63) is 0 Å². The molecule has 148 valence electrons. The monoisotopic (exact) mass is 393 g/mol. The molecule has 0 aliphatic carbocycles. The smallest absolute Gasteiger partial charge is 0.328 e. The zero-order chi connectivity index (χ0) is 20.4. The molecule has 12 nitrogen and oxygen atoms in total. The summed E-state index contributed by atoms with van der Waals surface area (Å²) in [6, 6.07) is -4.32. The zero-order valence-electron chi connectivity index (χ0n) is 14.0. The molecule has 0 heterocycles. The lowest BCUT2D eigenvalue weighted by Gasteiger charge is -2.24. The second-order valence-corrected chi connectivity index (χ2v) is 5.67. The fraction of sp³-hybridized carbons (Fsp3) is 0.615. The van der Waals surface area contributed by atoms with Gasteiger partial charge < -0.3 is 37.6 Å². The molecular weight excluding hydrogens is 370 g/mol. The fourth-order valence-corrected chi connectivity index (χ4v) is 2.03. The molecular formula is C13H23N5O7S. The molecule has 0 spiro atoms. The topological polar surface area (TPSA) is 214 Å². The maximum atomic E-state index is 12.2. The molecule has 0 bridgehead atoms. The highest BCUT2D eigenvalue weighted by molar-refractivity contribution is 7.80. The number of thiol groups is 1. The van der Waals surface area contributed by atoms with Crippen molar-refractivity contribution in [2.75, 3.05) is 12.3 Å². The van der Waals surface area contributed by atoms with Gasteiger partial charge in [0.2, 0.25) is 23.6 Å². The van der Waals surface area contributed by atoms with Crippen molar-refractivity contribution in [1.82, 2.24) is 16.0 Å². The molecule has 0 rings (SSSR count). The van der Waals surface area contributed by atoms with Crippen LogP contribution >= 0.6 is 12.6 Å². The predicted molar refractivity (Wildman–Crippen MR) is 91.8 cm³/mol. The number of carboxylic acid groups (broad SMARTS) is 1. The van der Waals surface area contributed by atoms with Crippen LogP contribution in [0.25, 0.3) is 0 Å². The average Bonchev–Trinajstić information content (AvgIpc) is 2.54. The van der Waals surface area contributed by atoms with Crippen molar-refractivity contribution in [3.63, 3.8) is 0 Å². The number of carbonyl (C=O) groups is 5. The highest BCUT2D eigenvalue weighted by Crippen LogP contribution is 2.00. The number of aliphatic hydroxyl groups is 1. The summed E-state index contributed by atoms with van der Waals surface area (Å²) < 4.78 is 0. The number of hydrogen-bond donors (Lipinski definition) is 8. The molecule has 4 atom stereocenters. The molecule has 0 fully saturated rings. The summed E-state index contributed by atoms with van der Waals surface area (Å²) in [6.07, 6.45) is -2.07. The maximum Gasteiger partial charge on any atom is 0.328 e. The van der Waals surface area contributed by atoms with E-state index in [1.54, 1.807) is 0 Å². The summed E-state index contributed by atoms with van der Waals surface area (Å²) in [5, 5.41) is 24.8. The number of aliphatic carboxylic acids is 1. The first-order valence-corrected chi connectivity index (χ1v) is 8.06. The molecule has 4 unspecified atom stereocenters. The number of aliphatic hydroxyl groups excluding tert-OH is 1. The Hall–Kier alpha value is -2.38. The summed E-state index contributed by atoms with van der Waals surface area (Å²) in [5.74, 6) is -5.13. The van der Waals surface area contributed by atoms with E-state index in [0.717, 1.165) is 6.92 Å². The van der Waals surface area contributed by atoms with Gasteiger partial charge in [-0.05, 0) is 6.92 Å². The fourth-order valence-electron chi connectivity index (χ4n) is 1.77. The highest BCUT2D eigenvalue weighted by atomic mass is 32.1. The van der Waals surface area contributed by atoms with Gasteiger partial charge in [0, 0.05) is 5.75 Å². The van der Waals surface area contributed by atoms with Crippen LogP contribution in [0, 0.1) is 0 Å². The first-order chi connectivity index (χ1) is 12.0. The van der Waals surface area contributed by atoms with Gasteiger partial charge in [-0.2, -0.15) is 12.6 Å². The van der Waals surface area contributed by atoms with Gasteiger partial charge in [-0.1, -0.05) is 0 Å². The molecule has 0 saturated carbocycles. The van der Waals surface area contributed by atoms with E-state index in [-0.39, 0.29) is 12.3 Å². The van der Waals surface area contributed by atoms with Gasteiger partial charge in [0.15, 0.2) is 6.04 Å². The van der Waals surface area contributed by atoms with E-state index in [1.165, 1.54) is 0 Å². The van der Waals surface area contributed by atoms with Crippen LogP contribution in [0.2, 0.25) is 0 Å². The van der Waals surface area contributed by atoms with Crippen LogP contribution in [0.5, 0.6) is 0 Å². The number of nitrogens with one attached hydrogen (secondary N) is 3. The molecule has 0 aliphatic rings. The Labute approximate surface area is 154 Å². The van der Waals surface area contributed by atoms with Crippen LogP contribution in [0.3, 0.4) is 0 Å². The van der Waals surface area contributed by atoms with E-state index < -0.39 is 60.2 Å². The summed E-state index contributed by atoms with van der Waals surface area (Å²) >= 11 is 3.90. The van der Waals surface area contributed by atoms with Crippen LogP contribution in [-0.4, -0.2) is 76.3 Å². The lowest BCUT2D eigenvalue weighted by Crippen LogP contribution is -2.58. The lowest BCUT2D eigenvalue weighted by atomic mass is 10.1. The number of carbonyl (C=O) groups excluding carboxylic acids is 4. The summed E-state index contributed by atoms with van der Waals surface area (Å²) in [4.78, 5) is 57.8. The average molecular weight is 393 g/mol. The summed E-state index contributed by atoms with van der Waals surface area (Å²) in [5.41, 5.74) is 10.2. The number of primary amides is 1. The lowest BCUT2D eigenvalue weighted by molar-refractivity contribution is -0.145. The van der Waals surface area contributed by atoms with E-state index in [2.05, 4.69) is 23.3 Å². The van der Waals surface area contributed by atoms with Crippen molar-refractivity contribution < 1.29 is 34.2 Å². The second kappa shape index (κ2) is 11.3. The van der Waals surface area contributed by atoms with E-state index in [0.29, 0.717) is 0 Å². The van der Waals surface area contributed by atoms with Crippen LogP contribution in [-0.2, 0) is 24.0 Å². The van der Waals surface area contributed by atoms with Crippen molar-refractivity contribution in [3.8, 4) is 0 Å². The van der Waals surface area contributed by atoms with E-state index in [9.17, 15) is 29.1 Å². The maximum absolute atomic E-state index is 12.2. The molecule has 0 aromatic heterocycles. The Morgan fingerprint density at radius 2 is 1.58 bits per heavy atom. The third-order valence-corrected chi connectivity index (χ3v) is 3.47. The minimum atomic E-state index is -1.66.